The van der Waals surface area contributed by atoms with Crippen LogP contribution in [0.5, 0.6) is 0 Å². The SMILES string of the molecule is Cc1nn(CC(C)C)c(C)c1CC(=O)NC(CCO)c1ccccc1. The van der Waals surface area contributed by atoms with E-state index in [0.717, 1.165) is 29.1 Å². The van der Waals surface area contributed by atoms with Gasteiger partial charge >= 0.3 is 0 Å². The minimum absolute atomic E-state index is 0.0320. The normalized spacial score (nSPS) is 12.4. The van der Waals surface area contributed by atoms with Crippen molar-refractivity contribution in [2.45, 2.75) is 53.1 Å². The highest BCUT2D eigenvalue weighted by molar-refractivity contribution is 5.79. The molecule has 5 nitrogen and oxygen atoms in total. The van der Waals surface area contributed by atoms with Crippen LogP contribution >= 0.6 is 0 Å². The molecule has 1 atom stereocenters. The number of aromatic nitrogens is 2. The van der Waals surface area contributed by atoms with E-state index in [2.05, 4.69) is 24.3 Å². The minimum Gasteiger partial charge on any atom is -0.396 e. The summed E-state index contributed by atoms with van der Waals surface area (Å²) in [5, 5.41) is 16.9. The summed E-state index contributed by atoms with van der Waals surface area (Å²) in [5.41, 5.74) is 3.97. The molecule has 1 amide bonds. The van der Waals surface area contributed by atoms with E-state index in [-0.39, 0.29) is 18.6 Å². The predicted molar refractivity (Wildman–Crippen MR) is 99.3 cm³/mol. The van der Waals surface area contributed by atoms with Crippen LogP contribution in [0, 0.1) is 19.8 Å². The number of hydrogen-bond donors (Lipinski definition) is 2. The van der Waals surface area contributed by atoms with E-state index in [1.54, 1.807) is 0 Å². The molecule has 0 fully saturated rings. The van der Waals surface area contributed by atoms with Gasteiger partial charge in [-0.3, -0.25) is 9.48 Å². The van der Waals surface area contributed by atoms with Gasteiger partial charge in [0, 0.05) is 24.4 Å². The molecule has 0 bridgehead atoms. The van der Waals surface area contributed by atoms with Gasteiger partial charge in [-0.1, -0.05) is 44.2 Å². The Hall–Kier alpha value is -2.14. The van der Waals surface area contributed by atoms with Gasteiger partial charge < -0.3 is 10.4 Å². The molecule has 0 saturated heterocycles. The molecule has 0 radical (unpaired) electrons. The first kappa shape index (κ1) is 19.2. The van der Waals surface area contributed by atoms with Crippen molar-refractivity contribution in [1.29, 1.82) is 0 Å². The highest BCUT2D eigenvalue weighted by atomic mass is 16.3. The number of carbonyl (C=O) groups excluding carboxylic acids is 1. The zero-order valence-corrected chi connectivity index (χ0v) is 15.6. The van der Waals surface area contributed by atoms with Gasteiger partial charge in [-0.2, -0.15) is 5.10 Å². The fourth-order valence-electron chi connectivity index (χ4n) is 3.06. The first-order valence-corrected chi connectivity index (χ1v) is 8.90. The van der Waals surface area contributed by atoms with Crippen molar-refractivity contribution < 1.29 is 9.90 Å². The lowest BCUT2D eigenvalue weighted by atomic mass is 10.0. The van der Waals surface area contributed by atoms with Crippen LogP contribution in [0.1, 0.15) is 48.8 Å². The Kier molecular flexibility index (Phi) is 6.76. The lowest BCUT2D eigenvalue weighted by Crippen LogP contribution is -2.30. The average molecular weight is 343 g/mol. The van der Waals surface area contributed by atoms with Gasteiger partial charge in [0.1, 0.15) is 0 Å². The predicted octanol–water partition coefficient (Wildman–Crippen LogP) is 2.94. The first-order valence-electron chi connectivity index (χ1n) is 8.90. The second-order valence-electron chi connectivity index (χ2n) is 6.95. The van der Waals surface area contributed by atoms with Crippen LogP contribution in [0.3, 0.4) is 0 Å². The van der Waals surface area contributed by atoms with E-state index in [4.69, 9.17) is 0 Å². The fraction of sp³-hybridized carbons (Fsp3) is 0.500. The maximum Gasteiger partial charge on any atom is 0.225 e. The molecular weight excluding hydrogens is 314 g/mol. The van der Waals surface area contributed by atoms with Crippen LogP contribution < -0.4 is 5.32 Å². The zero-order chi connectivity index (χ0) is 18.4. The third-order valence-corrected chi connectivity index (χ3v) is 4.36. The summed E-state index contributed by atoms with van der Waals surface area (Å²) in [5.74, 6) is 0.462. The molecule has 0 aliphatic carbocycles. The molecule has 2 N–H and O–H groups in total. The molecule has 0 aliphatic heterocycles. The number of benzene rings is 1. The Morgan fingerprint density at radius 3 is 2.52 bits per heavy atom. The number of amides is 1. The number of carbonyl (C=O) groups is 1. The first-order chi connectivity index (χ1) is 11.9. The van der Waals surface area contributed by atoms with E-state index in [1.165, 1.54) is 0 Å². The highest BCUT2D eigenvalue weighted by Crippen LogP contribution is 2.18. The van der Waals surface area contributed by atoms with Crippen LogP contribution in [0.4, 0.5) is 0 Å². The van der Waals surface area contributed by atoms with Crippen molar-refractivity contribution in [3.63, 3.8) is 0 Å². The molecule has 1 unspecified atom stereocenters. The van der Waals surface area contributed by atoms with E-state index >= 15 is 0 Å². The summed E-state index contributed by atoms with van der Waals surface area (Å²) in [6.45, 7) is 9.17. The van der Waals surface area contributed by atoms with Crippen LogP contribution in [0.2, 0.25) is 0 Å². The Morgan fingerprint density at radius 2 is 1.92 bits per heavy atom. The number of nitrogens with one attached hydrogen (secondary N) is 1. The standard InChI is InChI=1S/C20H29N3O2/c1-14(2)13-23-16(4)18(15(3)22-23)12-20(25)21-19(10-11-24)17-8-6-5-7-9-17/h5-9,14,19,24H,10-13H2,1-4H3,(H,21,25). The molecule has 1 heterocycles. The Bertz CT molecular complexity index is 692. The summed E-state index contributed by atoms with van der Waals surface area (Å²) in [4.78, 5) is 12.6. The average Bonchev–Trinajstić information content (AvgIpc) is 2.82. The number of aliphatic hydroxyl groups is 1. The third kappa shape index (κ3) is 5.16. The summed E-state index contributed by atoms with van der Waals surface area (Å²) < 4.78 is 1.99. The smallest absolute Gasteiger partial charge is 0.225 e. The van der Waals surface area contributed by atoms with Gasteiger partial charge in [0.05, 0.1) is 18.2 Å². The molecule has 136 valence electrons. The zero-order valence-electron chi connectivity index (χ0n) is 15.6. The number of rotatable bonds is 8. The number of aliphatic hydroxyl groups excluding tert-OH is 1. The summed E-state index contributed by atoms with van der Waals surface area (Å²) in [6.07, 6.45) is 0.810. The second kappa shape index (κ2) is 8.81. The van der Waals surface area contributed by atoms with Crippen molar-refractivity contribution in [1.82, 2.24) is 15.1 Å². The van der Waals surface area contributed by atoms with Crippen LogP contribution in [0.25, 0.3) is 0 Å². The molecular formula is C20H29N3O2. The topological polar surface area (TPSA) is 67.2 Å². The number of aryl methyl sites for hydroxylation is 1. The molecule has 2 aromatic rings. The molecule has 2 rings (SSSR count). The van der Waals surface area contributed by atoms with Gasteiger partial charge in [-0.15, -0.1) is 0 Å². The van der Waals surface area contributed by atoms with Gasteiger partial charge in [0.15, 0.2) is 0 Å². The van der Waals surface area contributed by atoms with Gasteiger partial charge in [0.25, 0.3) is 0 Å². The Morgan fingerprint density at radius 1 is 1.24 bits per heavy atom. The van der Waals surface area contributed by atoms with E-state index < -0.39 is 0 Å². The molecule has 1 aromatic carbocycles. The maximum atomic E-state index is 12.6. The fourth-order valence-corrected chi connectivity index (χ4v) is 3.06. The van der Waals surface area contributed by atoms with E-state index in [0.29, 0.717) is 18.8 Å². The van der Waals surface area contributed by atoms with Crippen LogP contribution in [-0.2, 0) is 17.8 Å². The largest absolute Gasteiger partial charge is 0.396 e. The third-order valence-electron chi connectivity index (χ3n) is 4.36. The monoisotopic (exact) mass is 343 g/mol. The van der Waals surface area contributed by atoms with Crippen LogP contribution in [0.15, 0.2) is 30.3 Å². The molecule has 1 aromatic heterocycles. The maximum absolute atomic E-state index is 12.6. The van der Waals surface area contributed by atoms with Crippen molar-refractivity contribution in [3.05, 3.63) is 52.8 Å². The number of hydrogen-bond acceptors (Lipinski definition) is 3. The summed E-state index contributed by atoms with van der Waals surface area (Å²) in [6, 6.07) is 9.59. The van der Waals surface area contributed by atoms with Gasteiger partial charge in [-0.25, -0.2) is 0 Å². The summed E-state index contributed by atoms with van der Waals surface area (Å²) in [7, 11) is 0. The molecule has 0 spiro atoms. The lowest BCUT2D eigenvalue weighted by Gasteiger charge is -2.18. The quantitative estimate of drug-likeness (QED) is 0.774. The summed E-state index contributed by atoms with van der Waals surface area (Å²) >= 11 is 0. The Labute approximate surface area is 150 Å². The molecule has 0 aliphatic rings. The highest BCUT2D eigenvalue weighted by Gasteiger charge is 2.18. The second-order valence-corrected chi connectivity index (χ2v) is 6.95. The van der Waals surface area contributed by atoms with Crippen molar-refractivity contribution in [2.75, 3.05) is 6.61 Å². The molecule has 0 saturated carbocycles. The van der Waals surface area contributed by atoms with Gasteiger partial charge in [0.2, 0.25) is 5.91 Å². The lowest BCUT2D eigenvalue weighted by molar-refractivity contribution is -0.121. The number of nitrogens with zero attached hydrogens (tertiary/aromatic N) is 2. The van der Waals surface area contributed by atoms with Crippen molar-refractivity contribution >= 4 is 5.91 Å². The Balaban J connectivity index is 2.09. The van der Waals surface area contributed by atoms with Crippen molar-refractivity contribution in [3.8, 4) is 0 Å². The van der Waals surface area contributed by atoms with Gasteiger partial charge in [-0.05, 0) is 31.7 Å². The van der Waals surface area contributed by atoms with Crippen molar-refractivity contribution in [2.24, 2.45) is 5.92 Å². The van der Waals surface area contributed by atoms with E-state index in [1.807, 2.05) is 48.9 Å². The molecule has 25 heavy (non-hydrogen) atoms. The van der Waals surface area contributed by atoms with E-state index in [9.17, 15) is 9.90 Å². The molecule has 5 heteroatoms. The van der Waals surface area contributed by atoms with Crippen LogP contribution in [-0.4, -0.2) is 27.4 Å². The minimum atomic E-state index is -0.176.